The molecule has 0 bridgehead atoms. The maximum atomic E-state index is 13.1. The monoisotopic (exact) mass is 410 g/mol. The third kappa shape index (κ3) is 3.29. The van der Waals surface area contributed by atoms with E-state index >= 15 is 0 Å². The van der Waals surface area contributed by atoms with Crippen molar-refractivity contribution < 1.29 is 22.4 Å². The van der Waals surface area contributed by atoms with E-state index in [2.05, 4.69) is 5.32 Å². The first-order valence-electron chi connectivity index (χ1n) is 9.34. The van der Waals surface area contributed by atoms with Crippen LogP contribution in [0.4, 0.5) is 9.18 Å². The van der Waals surface area contributed by atoms with Gasteiger partial charge in [0.15, 0.2) is 0 Å². The molecule has 152 valence electrons. The summed E-state index contributed by atoms with van der Waals surface area (Å²) in [6.07, 6.45) is 1.88. The molecule has 1 N–H and O–H groups in total. The molecular formula is C18H23FN4O4S. The molecule has 0 spiro atoms. The number of benzene rings is 1. The third-order valence-corrected chi connectivity index (χ3v) is 7.73. The molecule has 0 aromatic heterocycles. The number of imide groups is 1. The van der Waals surface area contributed by atoms with Crippen molar-refractivity contribution in [1.29, 1.82) is 0 Å². The smallest absolute Gasteiger partial charge is 0.323 e. The molecule has 2 saturated heterocycles. The molecule has 2 aliphatic heterocycles. The summed E-state index contributed by atoms with van der Waals surface area (Å²) >= 11 is 0. The summed E-state index contributed by atoms with van der Waals surface area (Å²) in [4.78, 5) is 28.2. The average molecular weight is 410 g/mol. The molecule has 1 atom stereocenters. The highest BCUT2D eigenvalue weighted by Crippen LogP contribution is 2.42. The molecule has 1 aromatic rings. The van der Waals surface area contributed by atoms with Crippen molar-refractivity contribution in [1.82, 2.24) is 19.4 Å². The summed E-state index contributed by atoms with van der Waals surface area (Å²) in [7, 11) is -3.69. The van der Waals surface area contributed by atoms with Crippen LogP contribution in [0, 0.1) is 11.7 Å². The fourth-order valence-electron chi connectivity index (χ4n) is 3.85. The van der Waals surface area contributed by atoms with Crippen molar-refractivity contribution in [3.05, 3.63) is 30.1 Å². The first-order valence-corrected chi connectivity index (χ1v) is 10.8. The van der Waals surface area contributed by atoms with E-state index < -0.39 is 21.4 Å². The van der Waals surface area contributed by atoms with Gasteiger partial charge in [-0.3, -0.25) is 9.69 Å². The van der Waals surface area contributed by atoms with Gasteiger partial charge in [-0.2, -0.15) is 4.31 Å². The molecule has 3 fully saturated rings. The molecule has 28 heavy (non-hydrogen) atoms. The van der Waals surface area contributed by atoms with Gasteiger partial charge in [0.05, 0.1) is 11.6 Å². The molecule has 8 nitrogen and oxygen atoms in total. The fraction of sp³-hybridized carbons (Fsp3) is 0.556. The van der Waals surface area contributed by atoms with E-state index in [4.69, 9.17) is 0 Å². The van der Waals surface area contributed by atoms with Crippen LogP contribution >= 0.6 is 0 Å². The molecule has 4 rings (SSSR count). The van der Waals surface area contributed by atoms with Gasteiger partial charge in [-0.25, -0.2) is 22.5 Å². The molecule has 1 aromatic carbocycles. The SMILES string of the molecule is C[C@]1(C2CC2)NC(=O)N(CN2CCN(S(=O)(=O)c3ccc(F)cc3)CC2)C1=O. The fourth-order valence-corrected chi connectivity index (χ4v) is 5.27. The van der Waals surface area contributed by atoms with Crippen molar-refractivity contribution in [2.24, 2.45) is 5.92 Å². The van der Waals surface area contributed by atoms with Crippen LogP contribution in [0.1, 0.15) is 19.8 Å². The number of nitrogens with one attached hydrogen (secondary N) is 1. The van der Waals surface area contributed by atoms with E-state index in [1.165, 1.54) is 21.3 Å². The minimum atomic E-state index is -3.69. The van der Waals surface area contributed by atoms with Gasteiger partial charge in [0.25, 0.3) is 5.91 Å². The highest BCUT2D eigenvalue weighted by atomic mass is 32.2. The highest BCUT2D eigenvalue weighted by molar-refractivity contribution is 7.89. The summed E-state index contributed by atoms with van der Waals surface area (Å²) < 4.78 is 39.8. The number of hydrogen-bond acceptors (Lipinski definition) is 5. The van der Waals surface area contributed by atoms with Crippen LogP contribution in [0.3, 0.4) is 0 Å². The molecule has 3 aliphatic rings. The Morgan fingerprint density at radius 2 is 1.71 bits per heavy atom. The van der Waals surface area contributed by atoms with E-state index in [0.29, 0.717) is 13.1 Å². The van der Waals surface area contributed by atoms with Gasteiger partial charge in [-0.15, -0.1) is 0 Å². The van der Waals surface area contributed by atoms with Crippen molar-refractivity contribution in [2.45, 2.75) is 30.2 Å². The van der Waals surface area contributed by atoms with Crippen molar-refractivity contribution in [3.63, 3.8) is 0 Å². The van der Waals surface area contributed by atoms with Gasteiger partial charge >= 0.3 is 6.03 Å². The van der Waals surface area contributed by atoms with Gasteiger partial charge in [-0.05, 0) is 49.9 Å². The lowest BCUT2D eigenvalue weighted by Crippen LogP contribution is -2.53. The minimum Gasteiger partial charge on any atom is -0.323 e. The summed E-state index contributed by atoms with van der Waals surface area (Å²) in [5.74, 6) is -0.497. The Kier molecular flexibility index (Phi) is 4.67. The van der Waals surface area contributed by atoms with Crippen LogP contribution < -0.4 is 5.32 Å². The maximum absolute atomic E-state index is 13.1. The number of halogens is 1. The zero-order chi connectivity index (χ0) is 20.1. The maximum Gasteiger partial charge on any atom is 0.326 e. The Morgan fingerprint density at radius 1 is 1.11 bits per heavy atom. The zero-order valence-electron chi connectivity index (χ0n) is 15.6. The quantitative estimate of drug-likeness (QED) is 0.726. The van der Waals surface area contributed by atoms with Crippen molar-refractivity contribution in [3.8, 4) is 0 Å². The van der Waals surface area contributed by atoms with Gasteiger partial charge in [-0.1, -0.05) is 0 Å². The number of piperazine rings is 1. The van der Waals surface area contributed by atoms with E-state index in [9.17, 15) is 22.4 Å². The summed E-state index contributed by atoms with van der Waals surface area (Å²) in [5.41, 5.74) is -0.815. The van der Waals surface area contributed by atoms with Crippen LogP contribution in [0.2, 0.25) is 0 Å². The minimum absolute atomic E-state index is 0.0525. The highest BCUT2D eigenvalue weighted by Gasteiger charge is 2.56. The van der Waals surface area contributed by atoms with E-state index in [0.717, 1.165) is 25.0 Å². The lowest BCUT2D eigenvalue weighted by Gasteiger charge is -2.35. The van der Waals surface area contributed by atoms with E-state index in [-0.39, 0.29) is 42.5 Å². The number of hydrogen-bond donors (Lipinski definition) is 1. The normalized spacial score (nSPS) is 27.3. The van der Waals surface area contributed by atoms with E-state index in [1.54, 1.807) is 6.92 Å². The van der Waals surface area contributed by atoms with E-state index in [1.807, 2.05) is 4.90 Å². The number of nitrogens with zero attached hydrogens (tertiary/aromatic N) is 3. The van der Waals surface area contributed by atoms with Crippen LogP contribution in [-0.2, 0) is 14.8 Å². The van der Waals surface area contributed by atoms with Crippen LogP contribution in [0.15, 0.2) is 29.2 Å². The predicted octanol–water partition coefficient (Wildman–Crippen LogP) is 0.810. The number of rotatable bonds is 5. The molecule has 3 amide bonds. The molecule has 1 saturated carbocycles. The number of amides is 3. The summed E-state index contributed by atoms with van der Waals surface area (Å²) in [5, 5.41) is 2.81. The largest absolute Gasteiger partial charge is 0.326 e. The zero-order valence-corrected chi connectivity index (χ0v) is 16.4. The van der Waals surface area contributed by atoms with Gasteiger partial charge < -0.3 is 5.32 Å². The number of carbonyl (C=O) groups is 2. The Bertz CT molecular complexity index is 895. The van der Waals surface area contributed by atoms with Crippen molar-refractivity contribution in [2.75, 3.05) is 32.8 Å². The van der Waals surface area contributed by atoms with Gasteiger partial charge in [0.2, 0.25) is 10.0 Å². The number of urea groups is 1. The Labute approximate surface area is 163 Å². The third-order valence-electron chi connectivity index (χ3n) is 5.82. The summed E-state index contributed by atoms with van der Waals surface area (Å²) in [6, 6.07) is 4.36. The second-order valence-corrected chi connectivity index (χ2v) is 9.70. The first kappa shape index (κ1) is 19.3. The van der Waals surface area contributed by atoms with Gasteiger partial charge in [0, 0.05) is 26.2 Å². The molecule has 10 heteroatoms. The molecule has 0 unspecified atom stereocenters. The first-order chi connectivity index (χ1) is 13.2. The predicted molar refractivity (Wildman–Crippen MR) is 98.1 cm³/mol. The Hall–Kier alpha value is -2.04. The second kappa shape index (κ2) is 6.78. The number of sulfonamides is 1. The second-order valence-electron chi connectivity index (χ2n) is 7.76. The standard InChI is InChI=1S/C18H23FN4O4S/c1-18(13-2-3-13)16(24)23(17(25)20-18)12-21-8-10-22(11-9-21)28(26,27)15-6-4-14(19)5-7-15/h4-7,13H,2-3,8-12H2,1H3,(H,20,25)/t18-/m1/s1. The summed E-state index contributed by atoms with van der Waals surface area (Å²) in [6.45, 7) is 3.21. The van der Waals surface area contributed by atoms with Crippen LogP contribution in [-0.4, -0.2) is 72.8 Å². The van der Waals surface area contributed by atoms with Crippen LogP contribution in [0.5, 0.6) is 0 Å². The average Bonchev–Trinajstić information content (AvgIpc) is 3.49. The molecular weight excluding hydrogens is 387 g/mol. The Balaban J connectivity index is 1.37. The van der Waals surface area contributed by atoms with Crippen molar-refractivity contribution >= 4 is 22.0 Å². The molecule has 1 aliphatic carbocycles. The lowest BCUT2D eigenvalue weighted by atomic mass is 9.96. The number of carbonyl (C=O) groups excluding carboxylic acids is 2. The molecule has 0 radical (unpaired) electrons. The van der Waals surface area contributed by atoms with Gasteiger partial charge in [0.1, 0.15) is 11.4 Å². The molecule has 2 heterocycles. The van der Waals surface area contributed by atoms with Crippen LogP contribution in [0.25, 0.3) is 0 Å². The Morgan fingerprint density at radius 3 is 2.29 bits per heavy atom. The lowest BCUT2D eigenvalue weighted by molar-refractivity contribution is -0.133. The topological polar surface area (TPSA) is 90.0 Å².